The summed E-state index contributed by atoms with van der Waals surface area (Å²) in [6.07, 6.45) is 1.26. The molecule has 0 spiro atoms. The van der Waals surface area contributed by atoms with Gasteiger partial charge in [0.05, 0.1) is 5.69 Å². The van der Waals surface area contributed by atoms with Crippen LogP contribution < -0.4 is 10.1 Å². The molecule has 2 N–H and O–H groups in total. The van der Waals surface area contributed by atoms with Gasteiger partial charge in [-0.3, -0.25) is 0 Å². The molecule has 0 bridgehead atoms. The lowest BCUT2D eigenvalue weighted by atomic mass is 10.2. The molecule has 11 heteroatoms. The number of H-pyrrole nitrogens is 1. The Morgan fingerprint density at radius 3 is 2.82 bits per heavy atom. The highest BCUT2D eigenvalue weighted by Crippen LogP contribution is 2.37. The first-order chi connectivity index (χ1) is 10.5. The number of aromatic amines is 1. The van der Waals surface area contributed by atoms with E-state index in [1.165, 1.54) is 12.3 Å². The Kier molecular flexibility index (Phi) is 5.40. The molecule has 7 nitrogen and oxygen atoms in total. The Hall–Kier alpha value is -2.06. The summed E-state index contributed by atoms with van der Waals surface area (Å²) in [5, 5.41) is 24.6. The number of hydrogen-bond donors (Lipinski definition) is 2. The second-order valence-corrected chi connectivity index (χ2v) is 5.46. The quantitative estimate of drug-likeness (QED) is 0.699. The molecule has 0 fully saturated rings. The van der Waals surface area contributed by atoms with Gasteiger partial charge in [0.15, 0.2) is 5.75 Å². The van der Waals surface area contributed by atoms with Crippen LogP contribution in [-0.2, 0) is 0 Å². The predicted octanol–water partition coefficient (Wildman–Crippen LogP) is 3.30. The molecule has 1 aromatic carbocycles. The van der Waals surface area contributed by atoms with Gasteiger partial charge in [0.25, 0.3) is 0 Å². The third-order valence-corrected chi connectivity index (χ3v) is 3.39. The number of aromatic nitrogens is 4. The van der Waals surface area contributed by atoms with Crippen LogP contribution in [0, 0.1) is 11.3 Å². The summed E-state index contributed by atoms with van der Waals surface area (Å²) in [6, 6.07) is 4.87. The van der Waals surface area contributed by atoms with Crippen molar-refractivity contribution in [1.29, 1.82) is 5.26 Å². The monoisotopic (exact) mass is 434 g/mol. The van der Waals surface area contributed by atoms with Crippen molar-refractivity contribution in [1.82, 2.24) is 20.6 Å². The Morgan fingerprint density at radius 1 is 1.45 bits per heavy atom. The van der Waals surface area contributed by atoms with Crippen molar-refractivity contribution in [2.24, 2.45) is 0 Å². The van der Waals surface area contributed by atoms with Gasteiger partial charge in [-0.1, -0.05) is 15.9 Å². The number of allylic oxidation sites excluding steroid dienone is 1. The minimum absolute atomic E-state index is 0.0616. The van der Waals surface area contributed by atoms with Gasteiger partial charge in [0.1, 0.15) is 11.6 Å². The van der Waals surface area contributed by atoms with Crippen LogP contribution in [-0.4, -0.2) is 27.2 Å². The molecule has 1 aromatic heterocycles. The maximum atomic E-state index is 12.5. The first kappa shape index (κ1) is 16.3. The van der Waals surface area contributed by atoms with Crippen LogP contribution in [0.4, 0.5) is 14.5 Å². The van der Waals surface area contributed by atoms with Crippen molar-refractivity contribution in [3.05, 3.63) is 33.1 Å². The third kappa shape index (κ3) is 3.99. The fraction of sp³-hybridized carbons (Fsp3) is 0.0909. The molecule has 0 aliphatic heterocycles. The van der Waals surface area contributed by atoms with Gasteiger partial charge in [0, 0.05) is 15.1 Å². The summed E-state index contributed by atoms with van der Waals surface area (Å²) >= 11 is 6.41. The lowest BCUT2D eigenvalue weighted by Gasteiger charge is -2.13. The average molecular weight is 436 g/mol. The average Bonchev–Trinajstić information content (AvgIpc) is 2.95. The van der Waals surface area contributed by atoms with E-state index < -0.39 is 6.61 Å². The molecule has 2 rings (SSSR count). The van der Waals surface area contributed by atoms with E-state index in [1.54, 1.807) is 6.07 Å². The Morgan fingerprint density at radius 2 is 2.23 bits per heavy atom. The van der Waals surface area contributed by atoms with E-state index in [-0.39, 0.29) is 22.8 Å². The minimum Gasteiger partial charge on any atom is -0.433 e. The lowest BCUT2D eigenvalue weighted by molar-refractivity contribution is -0.0494. The lowest BCUT2D eigenvalue weighted by Crippen LogP contribution is -2.05. The Bertz CT molecular complexity index is 729. The number of rotatable bonds is 5. The Labute approximate surface area is 139 Å². The molecular formula is C11H6Br2F2N6O. The molecule has 0 saturated carbocycles. The molecule has 0 unspecified atom stereocenters. The molecule has 0 aliphatic carbocycles. The van der Waals surface area contributed by atoms with Crippen molar-refractivity contribution in [2.75, 3.05) is 5.32 Å². The number of benzene rings is 1. The molecule has 0 radical (unpaired) electrons. The zero-order valence-electron chi connectivity index (χ0n) is 10.5. The molecule has 0 atom stereocenters. The molecule has 0 saturated heterocycles. The number of hydrogen-bond acceptors (Lipinski definition) is 6. The summed E-state index contributed by atoms with van der Waals surface area (Å²) < 4.78 is 30.4. The van der Waals surface area contributed by atoms with Gasteiger partial charge in [-0.2, -0.15) is 19.3 Å². The third-order valence-electron chi connectivity index (χ3n) is 2.30. The number of anilines is 1. The molecular weight excluding hydrogens is 430 g/mol. The number of nitriles is 1. The van der Waals surface area contributed by atoms with Crippen molar-refractivity contribution in [3.63, 3.8) is 0 Å². The minimum atomic E-state index is -2.99. The molecule has 1 heterocycles. The summed E-state index contributed by atoms with van der Waals surface area (Å²) in [5.74, 6) is -0.0301. The number of alkyl halides is 2. The smallest absolute Gasteiger partial charge is 0.387 e. The van der Waals surface area contributed by atoms with E-state index in [2.05, 4.69) is 62.5 Å². The van der Waals surface area contributed by atoms with Crippen LogP contribution in [0.3, 0.4) is 0 Å². The molecule has 22 heavy (non-hydrogen) atoms. The second kappa shape index (κ2) is 7.28. The van der Waals surface area contributed by atoms with E-state index in [0.717, 1.165) is 0 Å². The summed E-state index contributed by atoms with van der Waals surface area (Å²) in [6.45, 7) is -2.99. The van der Waals surface area contributed by atoms with Crippen LogP contribution in [0.2, 0.25) is 0 Å². The number of ether oxygens (including phenoxy) is 1. The van der Waals surface area contributed by atoms with Crippen LogP contribution in [0.1, 0.15) is 5.82 Å². The van der Waals surface area contributed by atoms with Crippen molar-refractivity contribution in [3.8, 4) is 11.8 Å². The van der Waals surface area contributed by atoms with Crippen LogP contribution in [0.5, 0.6) is 5.75 Å². The SMILES string of the molecule is N#CC(=CNc1c(Br)cc(Br)cc1OC(F)F)c1nn[nH]n1. The topological polar surface area (TPSA) is 99.5 Å². The molecule has 0 aliphatic rings. The van der Waals surface area contributed by atoms with Crippen molar-refractivity contribution in [2.45, 2.75) is 6.61 Å². The fourth-order valence-corrected chi connectivity index (χ4v) is 2.75. The van der Waals surface area contributed by atoms with Crippen molar-refractivity contribution >= 4 is 43.1 Å². The zero-order chi connectivity index (χ0) is 16.1. The van der Waals surface area contributed by atoms with E-state index in [0.29, 0.717) is 8.95 Å². The van der Waals surface area contributed by atoms with Gasteiger partial charge in [-0.05, 0) is 33.3 Å². The highest BCUT2D eigenvalue weighted by molar-refractivity contribution is 9.11. The van der Waals surface area contributed by atoms with Gasteiger partial charge in [-0.25, -0.2) is 0 Å². The molecule has 0 amide bonds. The van der Waals surface area contributed by atoms with Gasteiger partial charge >= 0.3 is 6.61 Å². The summed E-state index contributed by atoms with van der Waals surface area (Å²) in [7, 11) is 0. The largest absolute Gasteiger partial charge is 0.433 e. The number of tetrazole rings is 1. The van der Waals surface area contributed by atoms with E-state index in [4.69, 9.17) is 5.26 Å². The standard InChI is InChI=1S/C11H6Br2F2N6O/c12-6-1-7(13)9(8(2-6)22-11(14)15)17-4-5(3-16)10-18-20-21-19-10/h1-2,4,11,17H,(H,18,19,20,21). The maximum Gasteiger partial charge on any atom is 0.387 e. The molecule has 114 valence electrons. The highest BCUT2D eigenvalue weighted by Gasteiger charge is 2.14. The zero-order valence-corrected chi connectivity index (χ0v) is 13.7. The van der Waals surface area contributed by atoms with E-state index in [9.17, 15) is 8.78 Å². The van der Waals surface area contributed by atoms with Gasteiger partial charge < -0.3 is 10.1 Å². The van der Waals surface area contributed by atoms with Crippen molar-refractivity contribution < 1.29 is 13.5 Å². The van der Waals surface area contributed by atoms with Gasteiger partial charge in [-0.15, -0.1) is 10.2 Å². The number of halogens is 4. The van der Waals surface area contributed by atoms with E-state index in [1.807, 2.05) is 6.07 Å². The summed E-state index contributed by atoms with van der Waals surface area (Å²) in [4.78, 5) is 0. The van der Waals surface area contributed by atoms with Crippen LogP contribution >= 0.6 is 31.9 Å². The maximum absolute atomic E-state index is 12.5. The van der Waals surface area contributed by atoms with E-state index >= 15 is 0 Å². The van der Waals surface area contributed by atoms with Crippen LogP contribution in [0.25, 0.3) is 5.57 Å². The Balaban J connectivity index is 2.34. The second-order valence-electron chi connectivity index (χ2n) is 3.69. The number of nitrogens with one attached hydrogen (secondary N) is 2. The molecule has 2 aromatic rings. The number of nitrogens with zero attached hydrogens (tertiary/aromatic N) is 4. The predicted molar refractivity (Wildman–Crippen MR) is 79.9 cm³/mol. The highest BCUT2D eigenvalue weighted by atomic mass is 79.9. The summed E-state index contributed by atoms with van der Waals surface area (Å²) in [5.41, 5.74) is 0.284. The first-order valence-electron chi connectivity index (χ1n) is 5.55. The first-order valence-corrected chi connectivity index (χ1v) is 7.14. The fourth-order valence-electron chi connectivity index (χ4n) is 1.45. The van der Waals surface area contributed by atoms with Crippen LogP contribution in [0.15, 0.2) is 27.3 Å². The van der Waals surface area contributed by atoms with Gasteiger partial charge in [0.2, 0.25) is 5.82 Å². The normalized spacial score (nSPS) is 11.4.